The van der Waals surface area contributed by atoms with Crippen molar-refractivity contribution >= 4 is 17.6 Å². The third kappa shape index (κ3) is 3.68. The summed E-state index contributed by atoms with van der Waals surface area (Å²) >= 11 is 0. The Balaban J connectivity index is 1.65. The number of methoxy groups -OCH3 is 1. The van der Waals surface area contributed by atoms with Gasteiger partial charge in [0.15, 0.2) is 5.82 Å². The molecule has 3 aromatic rings. The molecule has 29 heavy (non-hydrogen) atoms. The fraction of sp³-hybridized carbons (Fsp3) is 0.316. The third-order valence-corrected chi connectivity index (χ3v) is 4.69. The summed E-state index contributed by atoms with van der Waals surface area (Å²) in [6, 6.07) is 5.11. The number of hydrogen-bond acceptors (Lipinski definition) is 7. The number of carboxylic acid groups (broad SMARTS) is 1. The minimum atomic E-state index is -1.08. The number of nitrogens with zero attached hydrogens (tertiary/aromatic N) is 4. The van der Waals surface area contributed by atoms with Crippen molar-refractivity contribution in [3.8, 4) is 11.4 Å². The molecule has 0 bridgehead atoms. The number of amides is 1. The molecular weight excluding hydrogens is 378 g/mol. The smallest absolute Gasteiger partial charge is 0.311 e. The highest BCUT2D eigenvalue weighted by Gasteiger charge is 2.31. The number of rotatable bonds is 7. The van der Waals surface area contributed by atoms with E-state index in [-0.39, 0.29) is 17.7 Å². The fourth-order valence-electron chi connectivity index (χ4n) is 3.16. The van der Waals surface area contributed by atoms with Gasteiger partial charge >= 0.3 is 5.97 Å². The van der Waals surface area contributed by atoms with Crippen LogP contribution in [0, 0.1) is 6.92 Å². The monoisotopic (exact) mass is 397 g/mol. The van der Waals surface area contributed by atoms with Crippen LogP contribution in [0.25, 0.3) is 5.69 Å². The second kappa shape index (κ2) is 7.38. The number of carboxylic acids is 1. The number of aliphatic carboxylic acids is 1. The summed E-state index contributed by atoms with van der Waals surface area (Å²) in [5, 5.41) is 23.8. The first-order chi connectivity index (χ1) is 14.0. The number of furan rings is 1. The van der Waals surface area contributed by atoms with E-state index < -0.39 is 11.9 Å². The zero-order chi connectivity index (χ0) is 20.5. The van der Waals surface area contributed by atoms with Crippen LogP contribution in [0.2, 0.25) is 0 Å². The van der Waals surface area contributed by atoms with Gasteiger partial charge in [-0.2, -0.15) is 4.68 Å². The van der Waals surface area contributed by atoms with E-state index in [0.29, 0.717) is 28.6 Å². The first-order valence-electron chi connectivity index (χ1n) is 9.04. The Labute approximate surface area is 165 Å². The van der Waals surface area contributed by atoms with Crippen molar-refractivity contribution in [2.75, 3.05) is 12.4 Å². The Morgan fingerprint density at radius 3 is 2.86 bits per heavy atom. The van der Waals surface area contributed by atoms with Gasteiger partial charge in [0.2, 0.25) is 0 Å². The summed E-state index contributed by atoms with van der Waals surface area (Å²) in [5.74, 6) is 0.205. The Bertz CT molecular complexity index is 1080. The molecule has 1 aromatic carbocycles. The van der Waals surface area contributed by atoms with Gasteiger partial charge in [-0.1, -0.05) is 0 Å². The Morgan fingerprint density at radius 2 is 2.17 bits per heavy atom. The van der Waals surface area contributed by atoms with Crippen LogP contribution >= 0.6 is 0 Å². The Morgan fingerprint density at radius 1 is 1.38 bits per heavy atom. The van der Waals surface area contributed by atoms with Crippen LogP contribution in [-0.4, -0.2) is 44.3 Å². The molecule has 0 saturated heterocycles. The maximum absolute atomic E-state index is 12.8. The van der Waals surface area contributed by atoms with Gasteiger partial charge in [-0.15, -0.1) is 5.10 Å². The van der Waals surface area contributed by atoms with Gasteiger partial charge in [0, 0.05) is 17.2 Å². The molecule has 0 unspecified atom stereocenters. The van der Waals surface area contributed by atoms with Gasteiger partial charge < -0.3 is 19.6 Å². The second-order valence-corrected chi connectivity index (χ2v) is 6.85. The van der Waals surface area contributed by atoms with Gasteiger partial charge in [0.1, 0.15) is 23.6 Å². The Kier molecular flexibility index (Phi) is 4.75. The van der Waals surface area contributed by atoms with Crippen LogP contribution in [0.4, 0.5) is 5.69 Å². The fourth-order valence-corrected chi connectivity index (χ4v) is 3.16. The number of hydrogen-bond donors (Lipinski definition) is 2. The molecule has 150 valence electrons. The number of benzene rings is 1. The SMILES string of the molecule is COc1ccc(NC(=O)c2c(C)coc2CC(=O)O)cc1-n1nnnc1C1CC1. The van der Waals surface area contributed by atoms with Gasteiger partial charge in [-0.3, -0.25) is 9.59 Å². The van der Waals surface area contributed by atoms with Crippen molar-refractivity contribution in [2.24, 2.45) is 0 Å². The molecular formula is C19H19N5O5. The average molecular weight is 397 g/mol. The van der Waals surface area contributed by atoms with Crippen molar-refractivity contribution < 1.29 is 23.8 Å². The number of nitrogens with one attached hydrogen (secondary N) is 1. The van der Waals surface area contributed by atoms with Crippen LogP contribution in [0.3, 0.4) is 0 Å². The van der Waals surface area contributed by atoms with Crippen LogP contribution in [0.1, 0.15) is 46.3 Å². The molecule has 1 amide bonds. The molecule has 10 nitrogen and oxygen atoms in total. The topological polar surface area (TPSA) is 132 Å². The highest BCUT2D eigenvalue weighted by atomic mass is 16.5. The predicted molar refractivity (Wildman–Crippen MR) is 100 cm³/mol. The number of carbonyl (C=O) groups is 2. The molecule has 0 radical (unpaired) electrons. The molecule has 1 saturated carbocycles. The summed E-state index contributed by atoms with van der Waals surface area (Å²) in [7, 11) is 1.55. The van der Waals surface area contributed by atoms with Crippen molar-refractivity contribution in [1.82, 2.24) is 20.2 Å². The van der Waals surface area contributed by atoms with Gasteiger partial charge in [-0.25, -0.2) is 0 Å². The lowest BCUT2D eigenvalue weighted by Gasteiger charge is -2.12. The second-order valence-electron chi connectivity index (χ2n) is 6.85. The zero-order valence-electron chi connectivity index (χ0n) is 15.9. The van der Waals surface area contributed by atoms with Crippen LogP contribution in [-0.2, 0) is 11.2 Å². The van der Waals surface area contributed by atoms with Gasteiger partial charge in [-0.05, 0) is 48.4 Å². The molecule has 2 heterocycles. The molecule has 0 aliphatic heterocycles. The molecule has 4 rings (SSSR count). The lowest BCUT2D eigenvalue weighted by molar-refractivity contribution is -0.136. The van der Waals surface area contributed by atoms with Crippen molar-refractivity contribution in [2.45, 2.75) is 32.1 Å². The quantitative estimate of drug-likeness (QED) is 0.621. The summed E-state index contributed by atoms with van der Waals surface area (Å²) < 4.78 is 12.3. The van der Waals surface area contributed by atoms with Gasteiger partial charge in [0.25, 0.3) is 5.91 Å². The van der Waals surface area contributed by atoms with E-state index in [2.05, 4.69) is 20.8 Å². The molecule has 1 aliphatic carbocycles. The van der Waals surface area contributed by atoms with E-state index in [1.807, 2.05) is 0 Å². The van der Waals surface area contributed by atoms with Crippen LogP contribution in [0.5, 0.6) is 5.75 Å². The van der Waals surface area contributed by atoms with E-state index in [1.165, 1.54) is 6.26 Å². The first-order valence-corrected chi connectivity index (χ1v) is 9.04. The van der Waals surface area contributed by atoms with E-state index in [9.17, 15) is 9.59 Å². The molecule has 0 spiro atoms. The lowest BCUT2D eigenvalue weighted by Crippen LogP contribution is -2.16. The van der Waals surface area contributed by atoms with E-state index >= 15 is 0 Å². The largest absolute Gasteiger partial charge is 0.494 e. The lowest BCUT2D eigenvalue weighted by atomic mass is 10.1. The highest BCUT2D eigenvalue weighted by Crippen LogP contribution is 2.40. The number of tetrazole rings is 1. The highest BCUT2D eigenvalue weighted by molar-refractivity contribution is 6.06. The third-order valence-electron chi connectivity index (χ3n) is 4.69. The van der Waals surface area contributed by atoms with Crippen LogP contribution in [0.15, 0.2) is 28.9 Å². The maximum Gasteiger partial charge on any atom is 0.311 e. The molecule has 2 N–H and O–H groups in total. The number of anilines is 1. The number of carbonyl (C=O) groups excluding carboxylic acids is 1. The number of aromatic nitrogens is 4. The summed E-state index contributed by atoms with van der Waals surface area (Å²) in [4.78, 5) is 23.8. The summed E-state index contributed by atoms with van der Waals surface area (Å²) in [5.41, 5.74) is 1.87. The normalized spacial score (nSPS) is 13.3. The summed E-state index contributed by atoms with van der Waals surface area (Å²) in [6.07, 6.45) is 3.06. The number of ether oxygens (including phenoxy) is 1. The van der Waals surface area contributed by atoms with Gasteiger partial charge in [0.05, 0.1) is 18.9 Å². The van der Waals surface area contributed by atoms with Crippen LogP contribution < -0.4 is 10.1 Å². The van der Waals surface area contributed by atoms with Crippen molar-refractivity contribution in [1.29, 1.82) is 0 Å². The van der Waals surface area contributed by atoms with Crippen molar-refractivity contribution in [3.63, 3.8) is 0 Å². The standard InChI is InChI=1S/C19H19N5O5/c1-10-9-29-15(8-16(25)26)17(10)19(27)20-12-5-6-14(28-2)13(7-12)24-18(11-3-4-11)21-22-23-24/h5-7,9,11H,3-4,8H2,1-2H3,(H,20,27)(H,25,26). The van der Waals surface area contributed by atoms with E-state index in [1.54, 1.807) is 36.9 Å². The molecule has 10 heteroatoms. The Hall–Kier alpha value is -3.69. The first kappa shape index (κ1) is 18.7. The minimum absolute atomic E-state index is 0.109. The molecule has 1 aliphatic rings. The summed E-state index contributed by atoms with van der Waals surface area (Å²) in [6.45, 7) is 1.69. The van der Waals surface area contributed by atoms with E-state index in [0.717, 1.165) is 18.7 Å². The average Bonchev–Trinajstić information content (AvgIpc) is 3.30. The van der Waals surface area contributed by atoms with E-state index in [4.69, 9.17) is 14.3 Å². The predicted octanol–water partition coefficient (Wildman–Crippen LogP) is 2.33. The van der Waals surface area contributed by atoms with Crippen molar-refractivity contribution in [3.05, 3.63) is 47.2 Å². The molecule has 1 fully saturated rings. The molecule has 2 aromatic heterocycles. The zero-order valence-corrected chi connectivity index (χ0v) is 15.9. The maximum atomic E-state index is 12.8. The molecule has 0 atom stereocenters. The number of aryl methyl sites for hydroxylation is 1. The minimum Gasteiger partial charge on any atom is -0.494 e.